The topological polar surface area (TPSA) is 8.17 Å². The lowest BCUT2D eigenvalue weighted by Crippen LogP contribution is -2.37. The van der Waals surface area contributed by atoms with Crippen LogP contribution in [0.1, 0.15) is 0 Å². The molecule has 3 heteroatoms. The van der Waals surface area contributed by atoms with Crippen molar-refractivity contribution in [1.29, 1.82) is 0 Å². The van der Waals surface area contributed by atoms with E-state index in [0.29, 0.717) is 0 Å². The summed E-state index contributed by atoms with van der Waals surface area (Å²) in [5, 5.41) is 6.61. The Morgan fingerprint density at radius 2 is 0.920 bits per heavy atom. The average Bonchev–Trinajstić information content (AvgIpc) is 3.50. The molecule has 0 bridgehead atoms. The van der Waals surface area contributed by atoms with Gasteiger partial charge in [-0.1, -0.05) is 146 Å². The van der Waals surface area contributed by atoms with Crippen LogP contribution in [0, 0.1) is 0 Å². The zero-order valence-corrected chi connectivity index (χ0v) is 29.6. The van der Waals surface area contributed by atoms with E-state index >= 15 is 0 Å². The molecule has 8 aromatic carbocycles. The Kier molecular flexibility index (Phi) is 7.18. The molecule has 240 valence electrons. The second kappa shape index (κ2) is 11.9. The molecule has 0 saturated heterocycles. The summed E-state index contributed by atoms with van der Waals surface area (Å²) in [5.74, 6) is 0. The lowest BCUT2D eigenvalue weighted by atomic mass is 10.0. The molecule has 0 atom stereocenters. The fraction of sp³-hybridized carbons (Fsp3) is 0.0638. The minimum Gasteiger partial charge on any atom is -0.310 e. The third-order valence-corrected chi connectivity index (χ3v) is 12.2. The predicted octanol–water partition coefficient (Wildman–Crippen LogP) is 12.7. The summed E-state index contributed by atoms with van der Waals surface area (Å²) in [6.07, 6.45) is 0. The molecule has 0 N–H and O–H groups in total. The summed E-state index contributed by atoms with van der Waals surface area (Å²) in [6.45, 7) is 7.20. The highest BCUT2D eigenvalue weighted by Gasteiger charge is 2.21. The van der Waals surface area contributed by atoms with E-state index in [1.807, 2.05) is 0 Å². The van der Waals surface area contributed by atoms with Gasteiger partial charge in [-0.3, -0.25) is 0 Å². The first-order valence-electron chi connectivity index (χ1n) is 17.4. The van der Waals surface area contributed by atoms with Crippen LogP contribution in [0.15, 0.2) is 176 Å². The van der Waals surface area contributed by atoms with Gasteiger partial charge in [0.05, 0.1) is 19.1 Å². The molecule has 0 saturated carbocycles. The molecule has 2 nitrogen and oxygen atoms in total. The Balaban J connectivity index is 1.22. The van der Waals surface area contributed by atoms with E-state index < -0.39 is 8.07 Å². The first kappa shape index (κ1) is 30.2. The summed E-state index contributed by atoms with van der Waals surface area (Å²) in [6, 6.07) is 64.5. The van der Waals surface area contributed by atoms with Gasteiger partial charge in [0.15, 0.2) is 0 Å². The summed E-state index contributed by atoms with van der Waals surface area (Å²) in [5.41, 5.74) is 11.9. The third-order valence-electron chi connectivity index (χ3n) is 10.1. The average molecular weight is 659 g/mol. The third kappa shape index (κ3) is 5.19. The summed E-state index contributed by atoms with van der Waals surface area (Å²) >= 11 is 0. The minimum atomic E-state index is -1.36. The van der Waals surface area contributed by atoms with Crippen LogP contribution in [0.5, 0.6) is 0 Å². The van der Waals surface area contributed by atoms with Crippen molar-refractivity contribution in [3.8, 4) is 27.9 Å². The molecule has 0 radical (unpaired) electrons. The molecule has 9 aromatic rings. The van der Waals surface area contributed by atoms with Crippen LogP contribution in [0.25, 0.3) is 60.5 Å². The van der Waals surface area contributed by atoms with Crippen LogP contribution in [0.4, 0.5) is 17.1 Å². The van der Waals surface area contributed by atoms with E-state index in [4.69, 9.17) is 0 Å². The van der Waals surface area contributed by atoms with Crippen molar-refractivity contribution in [2.45, 2.75) is 19.6 Å². The first-order valence-corrected chi connectivity index (χ1v) is 20.9. The lowest BCUT2D eigenvalue weighted by molar-refractivity contribution is 1.18. The van der Waals surface area contributed by atoms with E-state index in [1.165, 1.54) is 60.0 Å². The zero-order chi connectivity index (χ0) is 33.8. The summed E-state index contributed by atoms with van der Waals surface area (Å²) in [7, 11) is -1.36. The minimum absolute atomic E-state index is 1.12. The maximum Gasteiger partial charge on any atom is 0.0775 e. The fourth-order valence-corrected chi connectivity index (χ4v) is 8.68. The van der Waals surface area contributed by atoms with Crippen LogP contribution >= 0.6 is 0 Å². The Bertz CT molecular complexity index is 2580. The Morgan fingerprint density at radius 1 is 0.400 bits per heavy atom. The monoisotopic (exact) mass is 658 g/mol. The van der Waals surface area contributed by atoms with Gasteiger partial charge in [-0.05, 0) is 87.6 Å². The van der Waals surface area contributed by atoms with Gasteiger partial charge in [0, 0.05) is 33.5 Å². The van der Waals surface area contributed by atoms with Gasteiger partial charge in [-0.2, -0.15) is 0 Å². The predicted molar refractivity (Wildman–Crippen MR) is 218 cm³/mol. The molecule has 50 heavy (non-hydrogen) atoms. The normalized spacial score (nSPS) is 11.9. The Labute approximate surface area is 294 Å². The van der Waals surface area contributed by atoms with Crippen molar-refractivity contribution in [2.24, 2.45) is 0 Å². The maximum atomic E-state index is 2.43. The van der Waals surface area contributed by atoms with Gasteiger partial charge in [-0.25, -0.2) is 0 Å². The second-order valence-electron chi connectivity index (χ2n) is 14.3. The number of hydrogen-bond acceptors (Lipinski definition) is 1. The van der Waals surface area contributed by atoms with Gasteiger partial charge in [0.25, 0.3) is 0 Å². The highest BCUT2D eigenvalue weighted by atomic mass is 28.3. The lowest BCUT2D eigenvalue weighted by Gasteiger charge is -2.27. The Morgan fingerprint density at radius 3 is 1.52 bits per heavy atom. The number of aromatic nitrogens is 1. The van der Waals surface area contributed by atoms with Crippen molar-refractivity contribution < 1.29 is 0 Å². The quantitative estimate of drug-likeness (QED) is 0.122. The van der Waals surface area contributed by atoms with Gasteiger partial charge < -0.3 is 9.47 Å². The number of anilines is 3. The molecule has 0 spiro atoms. The standard InChI is InChI=1S/C47H38N2Si/c1-50(2,3)43-29-23-36(24-30-43)35-21-27-41(28-22-35)48(40-25-19-34(20-26-40)33-11-6-4-7-12-33)42-31-38-18-17-37-13-10-16-44-46(37)47(38)45(32-42)49(44)39-14-8-5-9-15-39/h4-32H,1-3H3. The SMILES string of the molecule is C[Si](C)(C)c1ccc(-c2ccc(N(c3ccc(-c4ccccc4)cc3)c3cc4ccc5cccc6c5c4c(c3)n6-c3ccccc3)cc2)cc1. The van der Waals surface area contributed by atoms with E-state index in [2.05, 4.69) is 205 Å². The Hall–Kier alpha value is -5.90. The number of hydrogen-bond donors (Lipinski definition) is 0. The van der Waals surface area contributed by atoms with Crippen molar-refractivity contribution in [3.05, 3.63) is 176 Å². The van der Waals surface area contributed by atoms with Crippen molar-refractivity contribution in [1.82, 2.24) is 4.57 Å². The molecular formula is C47H38N2Si. The highest BCUT2D eigenvalue weighted by molar-refractivity contribution is 6.88. The molecule has 1 heterocycles. The largest absolute Gasteiger partial charge is 0.310 e. The van der Waals surface area contributed by atoms with Gasteiger partial charge >= 0.3 is 0 Å². The molecule has 9 rings (SSSR count). The van der Waals surface area contributed by atoms with Crippen LogP contribution in [-0.4, -0.2) is 12.6 Å². The highest BCUT2D eigenvalue weighted by Crippen LogP contribution is 2.44. The molecule has 0 fully saturated rings. The van der Waals surface area contributed by atoms with Crippen molar-refractivity contribution in [2.75, 3.05) is 4.90 Å². The molecule has 0 aliphatic heterocycles. The van der Waals surface area contributed by atoms with E-state index in [0.717, 1.165) is 22.7 Å². The molecule has 0 amide bonds. The fourth-order valence-electron chi connectivity index (χ4n) is 7.51. The van der Waals surface area contributed by atoms with Crippen LogP contribution in [-0.2, 0) is 0 Å². The molecule has 0 aliphatic carbocycles. The van der Waals surface area contributed by atoms with Crippen molar-refractivity contribution >= 4 is 62.9 Å². The number of rotatable bonds is 7. The second-order valence-corrected chi connectivity index (χ2v) is 19.4. The van der Waals surface area contributed by atoms with Gasteiger partial charge in [-0.15, -0.1) is 0 Å². The first-order chi connectivity index (χ1) is 24.4. The molecular weight excluding hydrogens is 621 g/mol. The van der Waals surface area contributed by atoms with E-state index in [9.17, 15) is 0 Å². The van der Waals surface area contributed by atoms with Crippen LogP contribution in [0.3, 0.4) is 0 Å². The maximum absolute atomic E-state index is 2.43. The number of benzene rings is 8. The summed E-state index contributed by atoms with van der Waals surface area (Å²) in [4.78, 5) is 2.40. The van der Waals surface area contributed by atoms with Gasteiger partial charge in [0.1, 0.15) is 0 Å². The number of para-hydroxylation sites is 1. The van der Waals surface area contributed by atoms with E-state index in [-0.39, 0.29) is 0 Å². The van der Waals surface area contributed by atoms with Crippen LogP contribution in [0.2, 0.25) is 19.6 Å². The number of nitrogens with zero attached hydrogens (tertiary/aromatic N) is 2. The van der Waals surface area contributed by atoms with Crippen LogP contribution < -0.4 is 10.1 Å². The summed E-state index contributed by atoms with van der Waals surface area (Å²) < 4.78 is 2.43. The van der Waals surface area contributed by atoms with E-state index in [1.54, 1.807) is 0 Å². The van der Waals surface area contributed by atoms with Gasteiger partial charge in [0.2, 0.25) is 0 Å². The molecule has 1 aromatic heterocycles. The molecule has 0 unspecified atom stereocenters. The smallest absolute Gasteiger partial charge is 0.0775 e. The molecule has 0 aliphatic rings. The zero-order valence-electron chi connectivity index (χ0n) is 28.6. The van der Waals surface area contributed by atoms with Crippen molar-refractivity contribution in [3.63, 3.8) is 0 Å².